The summed E-state index contributed by atoms with van der Waals surface area (Å²) in [6, 6.07) is 6.29. The Morgan fingerprint density at radius 3 is 1.95 bits per heavy atom. The van der Waals surface area contributed by atoms with E-state index >= 15 is 0 Å². The second-order valence-electron chi connectivity index (χ2n) is 3.78. The highest BCUT2D eigenvalue weighted by atomic mass is 32.2. The molecule has 102 valence electrons. The van der Waals surface area contributed by atoms with Crippen molar-refractivity contribution in [2.45, 2.75) is 9.79 Å². The van der Waals surface area contributed by atoms with Crippen molar-refractivity contribution >= 4 is 36.7 Å². The van der Waals surface area contributed by atoms with Crippen LogP contribution in [-0.2, 0) is 20.2 Å². The molecule has 2 aromatic rings. The highest BCUT2D eigenvalue weighted by Crippen LogP contribution is 2.32. The fourth-order valence-corrected chi connectivity index (χ4v) is 3.15. The number of anilines is 1. The maximum absolute atomic E-state index is 11.2. The topological polar surface area (TPSA) is 135 Å². The van der Waals surface area contributed by atoms with Gasteiger partial charge < -0.3 is 5.73 Å². The summed E-state index contributed by atoms with van der Waals surface area (Å²) in [6.07, 6.45) is 0. The molecule has 2 rings (SSSR count). The van der Waals surface area contributed by atoms with Crippen molar-refractivity contribution in [1.29, 1.82) is 0 Å². The van der Waals surface area contributed by atoms with Gasteiger partial charge in [0, 0.05) is 5.39 Å². The summed E-state index contributed by atoms with van der Waals surface area (Å²) in [5.41, 5.74) is 5.15. The molecule has 9 heteroatoms. The molecule has 0 unspecified atom stereocenters. The van der Waals surface area contributed by atoms with Gasteiger partial charge in [0.2, 0.25) is 0 Å². The molecule has 0 heterocycles. The summed E-state index contributed by atoms with van der Waals surface area (Å²) >= 11 is 0. The SMILES string of the molecule is Nc1c(S(=O)(=O)O)ccc2cccc(S(=O)(=O)O)c12. The number of benzene rings is 2. The molecule has 0 fully saturated rings. The molecule has 2 aromatic carbocycles. The summed E-state index contributed by atoms with van der Waals surface area (Å²) in [5, 5.41) is 0.167. The predicted octanol–water partition coefficient (Wildman–Crippen LogP) is 0.915. The van der Waals surface area contributed by atoms with Crippen LogP contribution in [0.5, 0.6) is 0 Å². The zero-order valence-electron chi connectivity index (χ0n) is 9.31. The lowest BCUT2D eigenvalue weighted by atomic mass is 10.1. The molecule has 0 bridgehead atoms. The first-order valence-electron chi connectivity index (χ1n) is 4.88. The van der Waals surface area contributed by atoms with Crippen LogP contribution in [0.2, 0.25) is 0 Å². The predicted molar refractivity (Wildman–Crippen MR) is 68.0 cm³/mol. The first-order valence-corrected chi connectivity index (χ1v) is 7.76. The standard InChI is InChI=1S/C10H9NO6S2/c11-10-8(19(15,16)17)5-4-6-2-1-3-7(9(6)10)18(12,13)14/h1-5H,11H2,(H,12,13,14)(H,15,16,17). The largest absolute Gasteiger partial charge is 0.397 e. The van der Waals surface area contributed by atoms with Crippen molar-refractivity contribution in [1.82, 2.24) is 0 Å². The smallest absolute Gasteiger partial charge is 0.296 e. The van der Waals surface area contributed by atoms with Gasteiger partial charge in [-0.05, 0) is 17.5 Å². The van der Waals surface area contributed by atoms with Crippen molar-refractivity contribution in [2.75, 3.05) is 5.73 Å². The minimum Gasteiger partial charge on any atom is -0.397 e. The number of nitrogens with two attached hydrogens (primary N) is 1. The van der Waals surface area contributed by atoms with Crippen LogP contribution in [-0.4, -0.2) is 25.9 Å². The lowest BCUT2D eigenvalue weighted by molar-refractivity contribution is 0.481. The number of nitrogen functional groups attached to an aromatic ring is 1. The molecule has 0 radical (unpaired) electrons. The Kier molecular flexibility index (Phi) is 3.01. The Hall–Kier alpha value is -1.68. The Bertz CT molecular complexity index is 870. The Morgan fingerprint density at radius 2 is 1.42 bits per heavy atom. The zero-order valence-corrected chi connectivity index (χ0v) is 10.9. The van der Waals surface area contributed by atoms with E-state index in [4.69, 9.17) is 14.8 Å². The third-order valence-corrected chi connectivity index (χ3v) is 4.37. The fourth-order valence-electron chi connectivity index (χ4n) is 1.79. The van der Waals surface area contributed by atoms with E-state index in [1.165, 1.54) is 18.2 Å². The van der Waals surface area contributed by atoms with Crippen LogP contribution in [0.25, 0.3) is 10.8 Å². The van der Waals surface area contributed by atoms with Gasteiger partial charge in [0.05, 0.1) is 5.69 Å². The first-order chi connectivity index (χ1) is 8.62. The van der Waals surface area contributed by atoms with Gasteiger partial charge in [-0.2, -0.15) is 16.8 Å². The molecule has 0 atom stereocenters. The van der Waals surface area contributed by atoms with E-state index in [1.54, 1.807) is 0 Å². The average Bonchev–Trinajstić information content (AvgIpc) is 2.25. The molecule has 0 aliphatic heterocycles. The normalized spacial score (nSPS) is 12.7. The maximum atomic E-state index is 11.2. The minimum atomic E-state index is -4.59. The molecular formula is C10H9NO6S2. The van der Waals surface area contributed by atoms with Gasteiger partial charge in [-0.3, -0.25) is 9.11 Å². The molecule has 0 aliphatic rings. The summed E-state index contributed by atoms with van der Waals surface area (Å²) in [7, 11) is -9.16. The molecule has 0 saturated carbocycles. The fraction of sp³-hybridized carbons (Fsp3) is 0. The van der Waals surface area contributed by atoms with Crippen LogP contribution in [0, 0.1) is 0 Å². The highest BCUT2D eigenvalue weighted by molar-refractivity contribution is 7.86. The van der Waals surface area contributed by atoms with E-state index in [0.29, 0.717) is 5.39 Å². The van der Waals surface area contributed by atoms with Crippen LogP contribution in [0.3, 0.4) is 0 Å². The highest BCUT2D eigenvalue weighted by Gasteiger charge is 2.21. The van der Waals surface area contributed by atoms with E-state index in [2.05, 4.69) is 0 Å². The van der Waals surface area contributed by atoms with Gasteiger partial charge in [-0.15, -0.1) is 0 Å². The van der Waals surface area contributed by atoms with E-state index in [0.717, 1.165) is 12.1 Å². The average molecular weight is 303 g/mol. The van der Waals surface area contributed by atoms with Gasteiger partial charge in [0.15, 0.2) is 0 Å². The summed E-state index contributed by atoms with van der Waals surface area (Å²) in [6.45, 7) is 0. The summed E-state index contributed by atoms with van der Waals surface area (Å²) < 4.78 is 62.9. The monoisotopic (exact) mass is 303 g/mol. The second kappa shape index (κ2) is 4.17. The summed E-state index contributed by atoms with van der Waals surface area (Å²) in [4.78, 5) is -1.14. The molecule has 0 amide bonds. The van der Waals surface area contributed by atoms with Crippen LogP contribution in [0.1, 0.15) is 0 Å². The lowest BCUT2D eigenvalue weighted by Crippen LogP contribution is -2.06. The Morgan fingerprint density at radius 1 is 0.842 bits per heavy atom. The van der Waals surface area contributed by atoms with Crippen LogP contribution in [0.4, 0.5) is 5.69 Å². The molecular weight excluding hydrogens is 294 g/mol. The van der Waals surface area contributed by atoms with Crippen molar-refractivity contribution in [3.8, 4) is 0 Å². The van der Waals surface area contributed by atoms with E-state index in [9.17, 15) is 16.8 Å². The van der Waals surface area contributed by atoms with Crippen LogP contribution in [0.15, 0.2) is 40.1 Å². The van der Waals surface area contributed by atoms with Crippen molar-refractivity contribution in [3.63, 3.8) is 0 Å². The molecule has 0 aromatic heterocycles. The van der Waals surface area contributed by atoms with Gasteiger partial charge in [0.1, 0.15) is 9.79 Å². The zero-order chi connectivity index (χ0) is 14.4. The number of fused-ring (bicyclic) bond motifs is 1. The second-order valence-corrected chi connectivity index (χ2v) is 6.56. The first kappa shape index (κ1) is 13.7. The molecule has 19 heavy (non-hydrogen) atoms. The third-order valence-electron chi connectivity index (χ3n) is 2.56. The molecule has 7 nitrogen and oxygen atoms in total. The quantitative estimate of drug-likeness (QED) is 0.554. The molecule has 0 saturated heterocycles. The van der Waals surface area contributed by atoms with E-state index in [1.807, 2.05) is 0 Å². The molecule has 0 spiro atoms. The molecule has 0 aliphatic carbocycles. The number of hydrogen-bond donors (Lipinski definition) is 3. The maximum Gasteiger partial charge on any atom is 0.296 e. The number of hydrogen-bond acceptors (Lipinski definition) is 5. The van der Waals surface area contributed by atoms with Crippen molar-refractivity contribution in [3.05, 3.63) is 30.3 Å². The van der Waals surface area contributed by atoms with Gasteiger partial charge >= 0.3 is 0 Å². The van der Waals surface area contributed by atoms with E-state index < -0.39 is 35.7 Å². The van der Waals surface area contributed by atoms with Gasteiger partial charge in [-0.1, -0.05) is 18.2 Å². The van der Waals surface area contributed by atoms with Gasteiger partial charge in [-0.25, -0.2) is 0 Å². The van der Waals surface area contributed by atoms with E-state index in [-0.39, 0.29) is 5.39 Å². The summed E-state index contributed by atoms with van der Waals surface area (Å²) in [5.74, 6) is 0. The van der Waals surface area contributed by atoms with Crippen molar-refractivity contribution < 1.29 is 25.9 Å². The van der Waals surface area contributed by atoms with Gasteiger partial charge in [0.25, 0.3) is 20.2 Å². The van der Waals surface area contributed by atoms with Crippen LogP contribution < -0.4 is 5.73 Å². The van der Waals surface area contributed by atoms with Crippen LogP contribution >= 0.6 is 0 Å². The third kappa shape index (κ3) is 2.40. The lowest BCUT2D eigenvalue weighted by Gasteiger charge is -2.09. The Balaban J connectivity index is 3.05. The minimum absolute atomic E-state index is 0.153. The van der Waals surface area contributed by atoms with Crippen molar-refractivity contribution in [2.24, 2.45) is 0 Å². The number of rotatable bonds is 2. The molecule has 4 N–H and O–H groups in total. The Labute approximate surface area is 109 Å².